The van der Waals surface area contributed by atoms with E-state index in [1.54, 1.807) is 6.07 Å². The Labute approximate surface area is 145 Å². The first kappa shape index (κ1) is 17.6. The molecule has 23 heavy (non-hydrogen) atoms. The number of hydrogen-bond donors (Lipinski definition) is 1. The predicted molar refractivity (Wildman–Crippen MR) is 88.1 cm³/mol. The largest absolute Gasteiger partial charge is 0.349 e. The summed E-state index contributed by atoms with van der Waals surface area (Å²) in [5.74, 6) is -0.965. The van der Waals surface area contributed by atoms with Crippen LogP contribution in [0.1, 0.15) is 36.0 Å². The normalized spacial score (nSPS) is 20.4. The highest BCUT2D eigenvalue weighted by atomic mass is 35.5. The van der Waals surface area contributed by atoms with Crippen molar-refractivity contribution in [3.8, 4) is 6.19 Å². The minimum Gasteiger partial charge on any atom is -0.349 e. The molecule has 2 unspecified atom stereocenters. The van der Waals surface area contributed by atoms with E-state index in [2.05, 4.69) is 5.32 Å². The van der Waals surface area contributed by atoms with Gasteiger partial charge in [0.2, 0.25) is 5.91 Å². The van der Waals surface area contributed by atoms with Crippen molar-refractivity contribution >= 4 is 35.0 Å². The molecule has 0 bridgehead atoms. The Balaban J connectivity index is 2.14. The fourth-order valence-electron chi connectivity index (χ4n) is 2.83. The number of carbonyl (C=O) groups excluding carboxylic acids is 2. The summed E-state index contributed by atoms with van der Waals surface area (Å²) in [7, 11) is 1.44. The van der Waals surface area contributed by atoms with E-state index in [9.17, 15) is 9.59 Å². The number of nitrogens with one attached hydrogen (secondary N) is 1. The van der Waals surface area contributed by atoms with Crippen LogP contribution < -0.4 is 5.32 Å². The van der Waals surface area contributed by atoms with E-state index in [4.69, 9.17) is 28.5 Å². The molecular weight excluding hydrogens is 337 g/mol. The van der Waals surface area contributed by atoms with Crippen molar-refractivity contribution in [1.82, 2.24) is 10.2 Å². The molecule has 0 radical (unpaired) electrons. The molecular formula is C16H17Cl2N3O2. The third-order valence-electron chi connectivity index (χ3n) is 4.00. The summed E-state index contributed by atoms with van der Waals surface area (Å²) in [4.78, 5) is 25.7. The van der Waals surface area contributed by atoms with E-state index in [1.165, 1.54) is 19.2 Å². The van der Waals surface area contributed by atoms with Crippen LogP contribution in [0, 0.1) is 17.4 Å². The summed E-state index contributed by atoms with van der Waals surface area (Å²) in [6.45, 7) is 0. The number of carbonyl (C=O) groups is 2. The fourth-order valence-corrected chi connectivity index (χ4v) is 3.36. The molecule has 5 nitrogen and oxygen atoms in total. The van der Waals surface area contributed by atoms with Gasteiger partial charge >= 0.3 is 0 Å². The molecule has 1 aliphatic rings. The standard InChI is InChI=1S/C16H17Cl2N3O2/c1-21(9-19)16(23)13-4-2-3-5-14(13)20-15(22)10-6-11(17)8-12(18)7-10/h6-8,13-14H,2-5H2,1H3,(H,20,22). The van der Waals surface area contributed by atoms with E-state index >= 15 is 0 Å². The van der Waals surface area contributed by atoms with Gasteiger partial charge < -0.3 is 5.32 Å². The smallest absolute Gasteiger partial charge is 0.251 e. The van der Waals surface area contributed by atoms with Crippen molar-refractivity contribution in [2.45, 2.75) is 31.7 Å². The topological polar surface area (TPSA) is 73.2 Å². The monoisotopic (exact) mass is 353 g/mol. The van der Waals surface area contributed by atoms with Gasteiger partial charge in [0.25, 0.3) is 5.91 Å². The van der Waals surface area contributed by atoms with Gasteiger partial charge in [-0.1, -0.05) is 36.0 Å². The van der Waals surface area contributed by atoms with Crippen LogP contribution in [-0.2, 0) is 4.79 Å². The number of halogens is 2. The Morgan fingerprint density at radius 3 is 2.43 bits per heavy atom. The van der Waals surface area contributed by atoms with Gasteiger partial charge in [-0.15, -0.1) is 0 Å². The van der Waals surface area contributed by atoms with E-state index in [-0.39, 0.29) is 23.8 Å². The maximum atomic E-state index is 12.4. The zero-order valence-corrected chi connectivity index (χ0v) is 14.2. The Kier molecular flexibility index (Phi) is 5.86. The molecule has 122 valence electrons. The zero-order valence-electron chi connectivity index (χ0n) is 12.7. The Morgan fingerprint density at radius 2 is 1.83 bits per heavy atom. The molecule has 7 heteroatoms. The van der Waals surface area contributed by atoms with Crippen molar-refractivity contribution in [2.75, 3.05) is 7.05 Å². The lowest BCUT2D eigenvalue weighted by molar-refractivity contribution is -0.133. The van der Waals surface area contributed by atoms with Gasteiger partial charge in [0, 0.05) is 28.7 Å². The first-order valence-electron chi connectivity index (χ1n) is 7.36. The molecule has 1 saturated carbocycles. The van der Waals surface area contributed by atoms with Gasteiger partial charge in [-0.2, -0.15) is 5.26 Å². The van der Waals surface area contributed by atoms with Crippen molar-refractivity contribution in [1.29, 1.82) is 5.26 Å². The predicted octanol–water partition coefficient (Wildman–Crippen LogP) is 3.22. The van der Waals surface area contributed by atoms with Crippen LogP contribution in [0.4, 0.5) is 0 Å². The number of amides is 2. The lowest BCUT2D eigenvalue weighted by atomic mass is 9.83. The molecule has 0 spiro atoms. The molecule has 0 aliphatic heterocycles. The lowest BCUT2D eigenvalue weighted by Crippen LogP contribution is -2.48. The van der Waals surface area contributed by atoms with Gasteiger partial charge in [-0.05, 0) is 31.0 Å². The first-order chi connectivity index (χ1) is 10.9. The second kappa shape index (κ2) is 7.67. The average Bonchev–Trinajstić information content (AvgIpc) is 2.53. The highest BCUT2D eigenvalue weighted by Gasteiger charge is 2.34. The number of hydrogen-bond acceptors (Lipinski definition) is 3. The Morgan fingerprint density at radius 1 is 1.22 bits per heavy atom. The molecule has 1 aromatic carbocycles. The molecule has 2 atom stereocenters. The lowest BCUT2D eigenvalue weighted by Gasteiger charge is -2.32. The van der Waals surface area contributed by atoms with Gasteiger partial charge in [-0.3, -0.25) is 14.5 Å². The van der Waals surface area contributed by atoms with E-state index < -0.39 is 0 Å². The highest BCUT2D eigenvalue weighted by molar-refractivity contribution is 6.35. The molecule has 1 N–H and O–H groups in total. The van der Waals surface area contributed by atoms with Gasteiger partial charge in [-0.25, -0.2) is 0 Å². The third kappa shape index (κ3) is 4.37. The van der Waals surface area contributed by atoms with Crippen molar-refractivity contribution in [3.63, 3.8) is 0 Å². The maximum absolute atomic E-state index is 12.4. The van der Waals surface area contributed by atoms with Gasteiger partial charge in [0.05, 0.1) is 5.92 Å². The minimum atomic E-state index is -0.382. The molecule has 2 amide bonds. The molecule has 1 aromatic rings. The Hall–Kier alpha value is -1.77. The molecule has 1 fully saturated rings. The second-order valence-electron chi connectivity index (χ2n) is 5.63. The minimum absolute atomic E-state index is 0.262. The third-order valence-corrected chi connectivity index (χ3v) is 4.44. The summed E-state index contributed by atoms with van der Waals surface area (Å²) >= 11 is 11.8. The van der Waals surface area contributed by atoms with Crippen LogP contribution in [0.15, 0.2) is 18.2 Å². The number of benzene rings is 1. The van der Waals surface area contributed by atoms with E-state index in [0.717, 1.165) is 17.7 Å². The SMILES string of the molecule is CN(C#N)C(=O)C1CCCCC1NC(=O)c1cc(Cl)cc(Cl)c1. The highest BCUT2D eigenvalue weighted by Crippen LogP contribution is 2.27. The van der Waals surface area contributed by atoms with Gasteiger partial charge in [0.15, 0.2) is 6.19 Å². The summed E-state index contributed by atoms with van der Waals surface area (Å²) < 4.78 is 0. The molecule has 1 aliphatic carbocycles. The zero-order chi connectivity index (χ0) is 17.0. The average molecular weight is 354 g/mol. The number of nitriles is 1. The van der Waals surface area contributed by atoms with Crippen LogP contribution >= 0.6 is 23.2 Å². The van der Waals surface area contributed by atoms with E-state index in [1.807, 2.05) is 6.19 Å². The molecule has 0 saturated heterocycles. The van der Waals surface area contributed by atoms with E-state index in [0.29, 0.717) is 28.5 Å². The molecule has 0 aromatic heterocycles. The van der Waals surface area contributed by atoms with Crippen molar-refractivity contribution in [2.24, 2.45) is 5.92 Å². The summed E-state index contributed by atoms with van der Waals surface area (Å²) in [6, 6.07) is 4.32. The number of nitrogens with zero attached hydrogens (tertiary/aromatic N) is 2. The molecule has 0 heterocycles. The summed E-state index contributed by atoms with van der Waals surface area (Å²) in [5.41, 5.74) is 0.355. The number of rotatable bonds is 3. The summed E-state index contributed by atoms with van der Waals surface area (Å²) in [6.07, 6.45) is 5.02. The maximum Gasteiger partial charge on any atom is 0.251 e. The fraction of sp³-hybridized carbons (Fsp3) is 0.438. The van der Waals surface area contributed by atoms with Crippen molar-refractivity contribution in [3.05, 3.63) is 33.8 Å². The summed E-state index contributed by atoms with van der Waals surface area (Å²) in [5, 5.41) is 12.5. The Bertz CT molecular complexity index is 637. The van der Waals surface area contributed by atoms with Crippen LogP contribution in [0.3, 0.4) is 0 Å². The van der Waals surface area contributed by atoms with Crippen LogP contribution in [0.2, 0.25) is 10.0 Å². The van der Waals surface area contributed by atoms with Gasteiger partial charge in [0.1, 0.15) is 0 Å². The van der Waals surface area contributed by atoms with Crippen LogP contribution in [0.5, 0.6) is 0 Å². The first-order valence-corrected chi connectivity index (χ1v) is 8.12. The quantitative estimate of drug-likeness (QED) is 0.669. The second-order valence-corrected chi connectivity index (χ2v) is 6.50. The van der Waals surface area contributed by atoms with Crippen molar-refractivity contribution < 1.29 is 9.59 Å². The van der Waals surface area contributed by atoms with Crippen LogP contribution in [0.25, 0.3) is 0 Å². The van der Waals surface area contributed by atoms with Crippen LogP contribution in [-0.4, -0.2) is 29.8 Å². The molecule has 2 rings (SSSR count).